The second kappa shape index (κ2) is 5.40. The van der Waals surface area contributed by atoms with Gasteiger partial charge >= 0.3 is 0 Å². The highest BCUT2D eigenvalue weighted by Crippen LogP contribution is 2.19. The summed E-state index contributed by atoms with van der Waals surface area (Å²) < 4.78 is 26.3. The minimum absolute atomic E-state index is 0.0413. The van der Waals surface area contributed by atoms with Gasteiger partial charge in [-0.2, -0.15) is 19.6 Å². The van der Waals surface area contributed by atoms with Crippen molar-refractivity contribution in [1.29, 1.82) is 0 Å². The summed E-state index contributed by atoms with van der Waals surface area (Å²) in [6, 6.07) is 1.40. The Morgan fingerprint density at radius 1 is 1.50 bits per heavy atom. The number of anilines is 1. The predicted octanol–water partition coefficient (Wildman–Crippen LogP) is 0.841. The van der Waals surface area contributed by atoms with E-state index in [1.54, 1.807) is 0 Å². The number of aliphatic hydroxyl groups is 1. The van der Waals surface area contributed by atoms with E-state index in [4.69, 9.17) is 16.7 Å². The third-order valence-corrected chi connectivity index (χ3v) is 2.45. The van der Waals surface area contributed by atoms with Crippen molar-refractivity contribution < 1.29 is 13.9 Å². The van der Waals surface area contributed by atoms with Crippen molar-refractivity contribution in [1.82, 2.24) is 19.6 Å². The fourth-order valence-corrected chi connectivity index (χ4v) is 1.75. The number of rotatable bonds is 5. The molecule has 0 spiro atoms. The first-order valence-electron chi connectivity index (χ1n) is 5.12. The van der Waals surface area contributed by atoms with Crippen molar-refractivity contribution >= 4 is 23.2 Å². The first-order valence-corrected chi connectivity index (χ1v) is 5.50. The zero-order valence-corrected chi connectivity index (χ0v) is 9.93. The minimum Gasteiger partial charge on any atom is -0.395 e. The summed E-state index contributed by atoms with van der Waals surface area (Å²) >= 11 is 5.79. The molecule has 0 aliphatic rings. The van der Waals surface area contributed by atoms with Crippen LogP contribution < -0.4 is 4.90 Å². The van der Waals surface area contributed by atoms with Gasteiger partial charge in [0.2, 0.25) is 0 Å². The molecule has 2 aromatic heterocycles. The number of hydrogen-bond acceptors (Lipinski definition) is 5. The molecule has 9 heteroatoms. The molecule has 2 heterocycles. The summed E-state index contributed by atoms with van der Waals surface area (Å²) in [6.07, 6.45) is -1.29. The number of hydrogen-bond donors (Lipinski definition) is 1. The van der Waals surface area contributed by atoms with E-state index in [0.717, 1.165) is 0 Å². The number of alkyl halides is 2. The standard InChI is InChI=1S/C9H10ClF2N5O/c10-6-3-8(16(1-2-18)4-7(11)12)17-9(15-6)13-5-14-17/h3,5,7,18H,1-2,4H2. The second-order valence-corrected chi connectivity index (χ2v) is 3.86. The van der Waals surface area contributed by atoms with Crippen molar-refractivity contribution in [3.05, 3.63) is 17.5 Å². The van der Waals surface area contributed by atoms with Crippen LogP contribution in [0.15, 0.2) is 12.4 Å². The molecule has 2 rings (SSSR count). The van der Waals surface area contributed by atoms with Crippen molar-refractivity contribution in [3.63, 3.8) is 0 Å². The molecule has 0 bridgehead atoms. The number of halogens is 3. The third-order valence-electron chi connectivity index (χ3n) is 2.25. The normalized spacial score (nSPS) is 11.4. The average Bonchev–Trinajstić information content (AvgIpc) is 2.74. The van der Waals surface area contributed by atoms with Crippen LogP contribution in [0.1, 0.15) is 0 Å². The topological polar surface area (TPSA) is 66.5 Å². The van der Waals surface area contributed by atoms with E-state index >= 15 is 0 Å². The van der Waals surface area contributed by atoms with Crippen LogP contribution >= 0.6 is 11.6 Å². The maximum absolute atomic E-state index is 12.5. The average molecular weight is 278 g/mol. The fourth-order valence-electron chi connectivity index (χ4n) is 1.58. The molecule has 98 valence electrons. The molecule has 0 atom stereocenters. The molecule has 0 amide bonds. The summed E-state index contributed by atoms with van der Waals surface area (Å²) in [5.41, 5.74) is 0. The molecule has 0 fully saturated rings. The van der Waals surface area contributed by atoms with Gasteiger partial charge in [0.15, 0.2) is 0 Å². The number of aliphatic hydroxyl groups excluding tert-OH is 1. The Hall–Kier alpha value is -1.54. The van der Waals surface area contributed by atoms with Crippen LogP contribution in [0.3, 0.4) is 0 Å². The lowest BCUT2D eigenvalue weighted by molar-refractivity contribution is 0.152. The van der Waals surface area contributed by atoms with Crippen LogP contribution in [0.2, 0.25) is 5.15 Å². The molecular weight excluding hydrogens is 268 g/mol. The van der Waals surface area contributed by atoms with E-state index < -0.39 is 13.0 Å². The lowest BCUT2D eigenvalue weighted by Gasteiger charge is -2.23. The Labute approximate surface area is 106 Å². The molecule has 0 aliphatic carbocycles. The quantitative estimate of drug-likeness (QED) is 0.821. The van der Waals surface area contributed by atoms with Gasteiger partial charge < -0.3 is 10.0 Å². The van der Waals surface area contributed by atoms with Crippen molar-refractivity contribution in [3.8, 4) is 0 Å². The Kier molecular flexibility index (Phi) is 3.87. The minimum atomic E-state index is -2.54. The maximum atomic E-state index is 12.5. The van der Waals surface area contributed by atoms with Crippen molar-refractivity contribution in [2.45, 2.75) is 6.43 Å². The lowest BCUT2D eigenvalue weighted by Crippen LogP contribution is -2.33. The molecule has 0 aromatic carbocycles. The highest BCUT2D eigenvalue weighted by Gasteiger charge is 2.17. The molecule has 2 aromatic rings. The van der Waals surface area contributed by atoms with E-state index in [9.17, 15) is 8.78 Å². The first-order chi connectivity index (χ1) is 8.61. The Morgan fingerprint density at radius 3 is 2.94 bits per heavy atom. The van der Waals surface area contributed by atoms with E-state index in [2.05, 4.69) is 15.1 Å². The van der Waals surface area contributed by atoms with Crippen molar-refractivity contribution in [2.24, 2.45) is 0 Å². The third kappa shape index (κ3) is 2.65. The maximum Gasteiger partial charge on any atom is 0.255 e. The van der Waals surface area contributed by atoms with Gasteiger partial charge in [-0.05, 0) is 0 Å². The zero-order chi connectivity index (χ0) is 13.1. The van der Waals surface area contributed by atoms with Crippen LogP contribution in [0.5, 0.6) is 0 Å². The molecule has 0 radical (unpaired) electrons. The molecule has 0 aliphatic heterocycles. The smallest absolute Gasteiger partial charge is 0.255 e. The van der Waals surface area contributed by atoms with Crippen LogP contribution in [0.4, 0.5) is 14.6 Å². The van der Waals surface area contributed by atoms with E-state index in [1.807, 2.05) is 0 Å². The van der Waals surface area contributed by atoms with Gasteiger partial charge in [-0.1, -0.05) is 11.6 Å². The van der Waals surface area contributed by atoms with Gasteiger partial charge in [0, 0.05) is 12.6 Å². The monoisotopic (exact) mass is 277 g/mol. The second-order valence-electron chi connectivity index (χ2n) is 3.47. The van der Waals surface area contributed by atoms with Gasteiger partial charge in [0.25, 0.3) is 12.2 Å². The summed E-state index contributed by atoms with van der Waals surface area (Å²) in [4.78, 5) is 9.02. The lowest BCUT2D eigenvalue weighted by atomic mass is 10.4. The van der Waals surface area contributed by atoms with E-state index in [1.165, 1.54) is 21.8 Å². The molecule has 18 heavy (non-hydrogen) atoms. The summed E-state index contributed by atoms with van der Waals surface area (Å²) in [7, 11) is 0. The van der Waals surface area contributed by atoms with Crippen LogP contribution in [0.25, 0.3) is 5.78 Å². The molecule has 0 unspecified atom stereocenters. The first kappa shape index (κ1) is 12.9. The highest BCUT2D eigenvalue weighted by molar-refractivity contribution is 6.29. The predicted molar refractivity (Wildman–Crippen MR) is 61.1 cm³/mol. The van der Waals surface area contributed by atoms with Crippen LogP contribution in [-0.2, 0) is 0 Å². The number of aromatic nitrogens is 4. The molecule has 0 saturated heterocycles. The van der Waals surface area contributed by atoms with Gasteiger partial charge in [-0.25, -0.2) is 8.78 Å². The number of fused-ring (bicyclic) bond motifs is 1. The summed E-state index contributed by atoms with van der Waals surface area (Å²) in [5.74, 6) is 0.534. The van der Waals surface area contributed by atoms with E-state index in [-0.39, 0.29) is 24.1 Å². The molecule has 6 nitrogen and oxygen atoms in total. The van der Waals surface area contributed by atoms with Gasteiger partial charge in [-0.15, -0.1) is 0 Å². The van der Waals surface area contributed by atoms with Crippen LogP contribution in [0, 0.1) is 0 Å². The SMILES string of the molecule is OCCN(CC(F)F)c1cc(Cl)nc2ncnn12. The number of nitrogens with zero attached hydrogens (tertiary/aromatic N) is 5. The molecular formula is C9H10ClF2N5O. The highest BCUT2D eigenvalue weighted by atomic mass is 35.5. The van der Waals surface area contributed by atoms with Crippen molar-refractivity contribution in [2.75, 3.05) is 24.6 Å². The largest absolute Gasteiger partial charge is 0.395 e. The Balaban J connectivity index is 2.44. The molecule has 1 N–H and O–H groups in total. The van der Waals surface area contributed by atoms with Gasteiger partial charge in [0.1, 0.15) is 17.3 Å². The Bertz CT molecular complexity index is 535. The van der Waals surface area contributed by atoms with Crippen LogP contribution in [-0.4, -0.2) is 50.8 Å². The van der Waals surface area contributed by atoms with Gasteiger partial charge in [-0.3, -0.25) is 0 Å². The molecule has 0 saturated carbocycles. The Morgan fingerprint density at radius 2 is 2.28 bits per heavy atom. The van der Waals surface area contributed by atoms with E-state index in [0.29, 0.717) is 5.82 Å². The zero-order valence-electron chi connectivity index (χ0n) is 9.17. The fraction of sp³-hybridized carbons (Fsp3) is 0.444. The summed E-state index contributed by atoms with van der Waals surface area (Å²) in [5, 5.41) is 12.9. The summed E-state index contributed by atoms with van der Waals surface area (Å²) in [6.45, 7) is -0.752. The van der Waals surface area contributed by atoms with Gasteiger partial charge in [0.05, 0.1) is 13.2 Å².